The molecule has 1 heterocycles. The molecule has 1 aliphatic rings. The van der Waals surface area contributed by atoms with Gasteiger partial charge in [-0.2, -0.15) is 0 Å². The largest absolute Gasteiger partial charge is 0.345 e. The van der Waals surface area contributed by atoms with Crippen molar-refractivity contribution >= 4 is 5.91 Å². The molecule has 1 amide bonds. The zero-order chi connectivity index (χ0) is 19.2. The van der Waals surface area contributed by atoms with Crippen LogP contribution < -0.4 is 0 Å². The second-order valence-corrected chi connectivity index (χ2v) is 7.77. The van der Waals surface area contributed by atoms with E-state index in [1.165, 1.54) is 29.7 Å². The van der Waals surface area contributed by atoms with Crippen molar-refractivity contribution in [3.05, 3.63) is 95.8 Å². The highest BCUT2D eigenvalue weighted by molar-refractivity contribution is 5.79. The Balaban J connectivity index is 1.54. The number of rotatable bonds is 7. The van der Waals surface area contributed by atoms with Crippen LogP contribution in [-0.2, 0) is 24.4 Å². The lowest BCUT2D eigenvalue weighted by atomic mass is 10.1. The van der Waals surface area contributed by atoms with Crippen LogP contribution in [0.5, 0.6) is 0 Å². The predicted molar refractivity (Wildman–Crippen MR) is 113 cm³/mol. The van der Waals surface area contributed by atoms with Gasteiger partial charge in [-0.1, -0.05) is 73.5 Å². The number of amides is 1. The average Bonchev–Trinajstić information content (AvgIpc) is 3.41. The molecule has 3 nitrogen and oxygen atoms in total. The molecule has 0 radical (unpaired) electrons. The summed E-state index contributed by atoms with van der Waals surface area (Å²) in [5, 5.41) is 0. The van der Waals surface area contributed by atoms with E-state index in [-0.39, 0.29) is 5.92 Å². The Kier molecular flexibility index (Phi) is 5.91. The van der Waals surface area contributed by atoms with E-state index in [9.17, 15) is 4.79 Å². The molecule has 0 aliphatic heterocycles. The number of hydrogen-bond acceptors (Lipinski definition) is 1. The second kappa shape index (κ2) is 8.92. The summed E-state index contributed by atoms with van der Waals surface area (Å²) in [5.41, 5.74) is 3.65. The molecule has 144 valence electrons. The normalized spacial score (nSPS) is 14.3. The minimum absolute atomic E-state index is 0.196. The Morgan fingerprint density at radius 1 is 0.821 bits per heavy atom. The molecule has 28 heavy (non-hydrogen) atoms. The molecule has 0 spiro atoms. The van der Waals surface area contributed by atoms with E-state index in [1.807, 2.05) is 24.3 Å². The van der Waals surface area contributed by atoms with Gasteiger partial charge >= 0.3 is 0 Å². The van der Waals surface area contributed by atoms with Crippen molar-refractivity contribution in [2.45, 2.75) is 45.3 Å². The number of carbonyl (C=O) groups excluding carboxylic acids is 1. The fourth-order valence-corrected chi connectivity index (χ4v) is 4.17. The number of benzene rings is 2. The summed E-state index contributed by atoms with van der Waals surface area (Å²) in [6, 6.07) is 25.0. The molecular weight excluding hydrogens is 344 g/mol. The first-order valence-electron chi connectivity index (χ1n) is 10.3. The van der Waals surface area contributed by atoms with Crippen LogP contribution in [0.4, 0.5) is 0 Å². The summed E-state index contributed by atoms with van der Waals surface area (Å²) in [7, 11) is 0. The molecule has 2 aromatic carbocycles. The van der Waals surface area contributed by atoms with Crippen LogP contribution in [0.25, 0.3) is 0 Å². The van der Waals surface area contributed by atoms with Gasteiger partial charge in [0, 0.05) is 30.9 Å². The zero-order valence-electron chi connectivity index (χ0n) is 16.3. The van der Waals surface area contributed by atoms with Crippen molar-refractivity contribution in [2.75, 3.05) is 0 Å². The quantitative estimate of drug-likeness (QED) is 0.556. The number of aromatic nitrogens is 1. The molecule has 1 saturated carbocycles. The smallest absolute Gasteiger partial charge is 0.226 e. The first-order valence-corrected chi connectivity index (χ1v) is 10.3. The van der Waals surface area contributed by atoms with Gasteiger partial charge in [0.1, 0.15) is 0 Å². The molecule has 0 saturated heterocycles. The van der Waals surface area contributed by atoms with Crippen LogP contribution in [0.2, 0.25) is 0 Å². The first kappa shape index (κ1) is 18.5. The van der Waals surface area contributed by atoms with E-state index >= 15 is 0 Å². The van der Waals surface area contributed by atoms with E-state index in [0.29, 0.717) is 19.0 Å². The van der Waals surface area contributed by atoms with Crippen molar-refractivity contribution < 1.29 is 4.79 Å². The Bertz CT molecular complexity index is 879. The maximum atomic E-state index is 13.3. The van der Waals surface area contributed by atoms with E-state index in [0.717, 1.165) is 19.4 Å². The molecule has 3 heteroatoms. The number of nitrogens with zero attached hydrogens (tertiary/aromatic N) is 2. The minimum atomic E-state index is 0.196. The molecule has 0 bridgehead atoms. The molecule has 1 aromatic heterocycles. The monoisotopic (exact) mass is 372 g/mol. The lowest BCUT2D eigenvalue weighted by Crippen LogP contribution is -2.35. The van der Waals surface area contributed by atoms with Crippen LogP contribution in [0.3, 0.4) is 0 Å². The lowest BCUT2D eigenvalue weighted by molar-refractivity contribution is -0.136. The van der Waals surface area contributed by atoms with Crippen molar-refractivity contribution in [3.63, 3.8) is 0 Å². The Morgan fingerprint density at radius 3 is 2.14 bits per heavy atom. The fraction of sp³-hybridized carbons (Fsp3) is 0.320. The lowest BCUT2D eigenvalue weighted by Gasteiger charge is -2.26. The van der Waals surface area contributed by atoms with Gasteiger partial charge in [0.05, 0.1) is 6.54 Å². The highest BCUT2D eigenvalue weighted by Gasteiger charge is 2.27. The zero-order valence-corrected chi connectivity index (χ0v) is 16.3. The molecule has 3 aromatic rings. The van der Waals surface area contributed by atoms with Crippen LogP contribution in [0.1, 0.15) is 42.5 Å². The molecule has 4 rings (SSSR count). The van der Waals surface area contributed by atoms with Gasteiger partial charge in [-0.25, -0.2) is 0 Å². The third-order valence-corrected chi connectivity index (χ3v) is 5.70. The minimum Gasteiger partial charge on any atom is -0.345 e. The summed E-state index contributed by atoms with van der Waals surface area (Å²) >= 11 is 0. The summed E-state index contributed by atoms with van der Waals surface area (Å²) in [4.78, 5) is 15.3. The van der Waals surface area contributed by atoms with Crippen LogP contribution in [0.15, 0.2) is 79.0 Å². The van der Waals surface area contributed by atoms with Crippen LogP contribution in [-0.4, -0.2) is 15.4 Å². The van der Waals surface area contributed by atoms with E-state index in [1.54, 1.807) is 0 Å². The maximum absolute atomic E-state index is 13.3. The van der Waals surface area contributed by atoms with E-state index in [4.69, 9.17) is 0 Å². The highest BCUT2D eigenvalue weighted by atomic mass is 16.2. The van der Waals surface area contributed by atoms with Crippen molar-refractivity contribution in [3.8, 4) is 0 Å². The molecule has 1 fully saturated rings. The van der Waals surface area contributed by atoms with Crippen LogP contribution in [0, 0.1) is 5.92 Å². The fourth-order valence-electron chi connectivity index (χ4n) is 4.17. The second-order valence-electron chi connectivity index (χ2n) is 7.77. The van der Waals surface area contributed by atoms with Gasteiger partial charge in [-0.15, -0.1) is 0 Å². The maximum Gasteiger partial charge on any atom is 0.226 e. The third kappa shape index (κ3) is 4.53. The summed E-state index contributed by atoms with van der Waals surface area (Å²) in [6.07, 6.45) is 6.55. The Labute approximate surface area is 167 Å². The highest BCUT2D eigenvalue weighted by Crippen LogP contribution is 2.28. The number of hydrogen-bond donors (Lipinski definition) is 0. The number of carbonyl (C=O) groups is 1. The molecule has 0 unspecified atom stereocenters. The predicted octanol–water partition coefficient (Wildman–Crippen LogP) is 5.26. The van der Waals surface area contributed by atoms with Gasteiger partial charge in [-0.05, 0) is 36.1 Å². The summed E-state index contributed by atoms with van der Waals surface area (Å²) < 4.78 is 2.26. The SMILES string of the molecule is O=C(C1CCCC1)N(Cc1ccccc1)Cc1cccn1Cc1ccccc1. The van der Waals surface area contributed by atoms with Crippen LogP contribution >= 0.6 is 0 Å². The Morgan fingerprint density at radius 2 is 1.46 bits per heavy atom. The average molecular weight is 373 g/mol. The molecule has 1 aliphatic carbocycles. The van der Waals surface area contributed by atoms with Crippen molar-refractivity contribution in [1.29, 1.82) is 0 Å². The molecule has 0 N–H and O–H groups in total. The van der Waals surface area contributed by atoms with Gasteiger partial charge in [0.15, 0.2) is 0 Å². The van der Waals surface area contributed by atoms with Crippen molar-refractivity contribution in [1.82, 2.24) is 9.47 Å². The summed E-state index contributed by atoms with van der Waals surface area (Å²) in [6.45, 7) is 2.16. The third-order valence-electron chi connectivity index (χ3n) is 5.70. The Hall–Kier alpha value is -2.81. The van der Waals surface area contributed by atoms with Gasteiger partial charge in [0.25, 0.3) is 0 Å². The molecule has 0 atom stereocenters. The topological polar surface area (TPSA) is 25.2 Å². The van der Waals surface area contributed by atoms with E-state index in [2.05, 4.69) is 64.2 Å². The first-order chi connectivity index (χ1) is 13.8. The van der Waals surface area contributed by atoms with Gasteiger partial charge in [-0.3, -0.25) is 4.79 Å². The van der Waals surface area contributed by atoms with Crippen molar-refractivity contribution in [2.24, 2.45) is 5.92 Å². The standard InChI is InChI=1S/C25H28N2O/c28-25(23-14-7-8-15-23)27(19-22-12-5-2-6-13-22)20-24-16-9-17-26(24)18-21-10-3-1-4-11-21/h1-6,9-13,16-17,23H,7-8,14-15,18-20H2. The van der Waals surface area contributed by atoms with E-state index < -0.39 is 0 Å². The molecular formula is C25H28N2O. The summed E-state index contributed by atoms with van der Waals surface area (Å²) in [5.74, 6) is 0.509. The van der Waals surface area contributed by atoms with Gasteiger partial charge in [0.2, 0.25) is 5.91 Å². The van der Waals surface area contributed by atoms with Gasteiger partial charge < -0.3 is 9.47 Å².